The summed E-state index contributed by atoms with van der Waals surface area (Å²) in [5.74, 6) is -0.774. The van der Waals surface area contributed by atoms with Gasteiger partial charge in [-0.05, 0) is 38.1 Å². The lowest BCUT2D eigenvalue weighted by Crippen LogP contribution is -2.35. The number of rotatable bonds is 8. The molecule has 1 aromatic carbocycles. The number of esters is 1. The number of sulfonamides is 1. The third kappa shape index (κ3) is 5.66. The molecule has 27 heavy (non-hydrogen) atoms. The molecular weight excluding hydrogens is 372 g/mol. The second kappa shape index (κ2) is 8.83. The molecule has 0 fully saturated rings. The Balaban J connectivity index is 1.84. The largest absolute Gasteiger partial charge is 0.467 e. The number of hydrogen-bond donors (Lipinski definition) is 1. The summed E-state index contributed by atoms with van der Waals surface area (Å²) in [5.41, 5.74) is 0.922. The number of benzene rings is 1. The van der Waals surface area contributed by atoms with Crippen molar-refractivity contribution in [2.45, 2.75) is 24.8 Å². The van der Waals surface area contributed by atoms with Gasteiger partial charge in [-0.2, -0.15) is 4.31 Å². The van der Waals surface area contributed by atoms with Crippen LogP contribution in [0.25, 0.3) is 0 Å². The normalized spacial score (nSPS) is 12.6. The number of ether oxygens (including phenoxy) is 1. The van der Waals surface area contributed by atoms with Crippen LogP contribution in [0.3, 0.4) is 0 Å². The zero-order chi connectivity index (χ0) is 20.0. The van der Waals surface area contributed by atoms with Crippen LogP contribution in [0.15, 0.2) is 52.0 Å². The molecule has 1 aromatic heterocycles. The number of amides is 1. The monoisotopic (exact) mass is 394 g/mol. The van der Waals surface area contributed by atoms with Gasteiger partial charge in [-0.1, -0.05) is 17.7 Å². The van der Waals surface area contributed by atoms with Gasteiger partial charge < -0.3 is 14.5 Å². The fourth-order valence-corrected chi connectivity index (χ4v) is 3.36. The first-order chi connectivity index (χ1) is 12.7. The molecule has 0 unspecified atom stereocenters. The Morgan fingerprint density at radius 1 is 1.22 bits per heavy atom. The number of furan rings is 1. The zero-order valence-corrected chi connectivity index (χ0v) is 16.2. The number of nitrogens with zero attached hydrogens (tertiary/aromatic N) is 1. The highest BCUT2D eigenvalue weighted by molar-refractivity contribution is 7.89. The predicted octanol–water partition coefficient (Wildman–Crippen LogP) is 1.63. The van der Waals surface area contributed by atoms with Crippen LogP contribution in [-0.4, -0.2) is 44.8 Å². The highest BCUT2D eigenvalue weighted by Crippen LogP contribution is 2.15. The van der Waals surface area contributed by atoms with Gasteiger partial charge in [0.2, 0.25) is 10.0 Å². The fraction of sp³-hybridized carbons (Fsp3) is 0.333. The van der Waals surface area contributed by atoms with E-state index >= 15 is 0 Å². The lowest BCUT2D eigenvalue weighted by molar-refractivity contribution is -0.148. The minimum absolute atomic E-state index is 0.0772. The Bertz CT molecular complexity index is 875. The van der Waals surface area contributed by atoms with Gasteiger partial charge in [0.05, 0.1) is 17.2 Å². The van der Waals surface area contributed by atoms with Crippen molar-refractivity contribution >= 4 is 21.9 Å². The first-order valence-electron chi connectivity index (χ1n) is 8.21. The Morgan fingerprint density at radius 2 is 1.89 bits per heavy atom. The average Bonchev–Trinajstić information content (AvgIpc) is 3.15. The molecule has 0 aliphatic carbocycles. The molecule has 2 rings (SSSR count). The van der Waals surface area contributed by atoms with Gasteiger partial charge in [-0.15, -0.1) is 0 Å². The third-order valence-electron chi connectivity index (χ3n) is 3.79. The molecule has 1 amide bonds. The number of likely N-dealkylation sites (N-methyl/N-ethyl adjacent to an activating group) is 1. The number of aryl methyl sites for hydroxylation is 1. The lowest BCUT2D eigenvalue weighted by atomic mass is 10.2. The quantitative estimate of drug-likeness (QED) is 0.682. The molecule has 146 valence electrons. The van der Waals surface area contributed by atoms with E-state index in [-0.39, 0.29) is 10.9 Å². The molecule has 1 heterocycles. The Hall–Kier alpha value is -2.65. The molecule has 8 nitrogen and oxygen atoms in total. The third-order valence-corrected chi connectivity index (χ3v) is 5.61. The Kier molecular flexibility index (Phi) is 6.75. The summed E-state index contributed by atoms with van der Waals surface area (Å²) < 4.78 is 35.7. The fourth-order valence-electron chi connectivity index (χ4n) is 2.24. The second-order valence-corrected chi connectivity index (χ2v) is 8.08. The van der Waals surface area contributed by atoms with Crippen LogP contribution in [0, 0.1) is 6.92 Å². The molecule has 0 spiro atoms. The molecule has 2 aromatic rings. The van der Waals surface area contributed by atoms with E-state index in [4.69, 9.17) is 9.15 Å². The molecule has 0 aliphatic heterocycles. The maximum Gasteiger partial charge on any atom is 0.321 e. The van der Waals surface area contributed by atoms with E-state index in [9.17, 15) is 18.0 Å². The van der Waals surface area contributed by atoms with Crippen molar-refractivity contribution in [1.29, 1.82) is 0 Å². The van der Waals surface area contributed by atoms with Gasteiger partial charge >= 0.3 is 5.97 Å². The first kappa shape index (κ1) is 20.7. The highest BCUT2D eigenvalue weighted by Gasteiger charge is 2.24. The topological polar surface area (TPSA) is 106 Å². The highest BCUT2D eigenvalue weighted by atomic mass is 32.2. The van der Waals surface area contributed by atoms with Crippen molar-refractivity contribution in [2.24, 2.45) is 0 Å². The second-order valence-electron chi connectivity index (χ2n) is 6.04. The van der Waals surface area contributed by atoms with Gasteiger partial charge in [0.25, 0.3) is 5.91 Å². The van der Waals surface area contributed by atoms with Crippen LogP contribution < -0.4 is 5.32 Å². The van der Waals surface area contributed by atoms with Crippen molar-refractivity contribution in [3.8, 4) is 0 Å². The van der Waals surface area contributed by atoms with E-state index in [0.717, 1.165) is 9.87 Å². The van der Waals surface area contributed by atoms with E-state index in [1.54, 1.807) is 31.2 Å². The van der Waals surface area contributed by atoms with Crippen molar-refractivity contribution < 1.29 is 27.2 Å². The lowest BCUT2D eigenvalue weighted by Gasteiger charge is -2.17. The van der Waals surface area contributed by atoms with Gasteiger partial charge in [0, 0.05) is 7.05 Å². The van der Waals surface area contributed by atoms with E-state index < -0.39 is 35.1 Å². The molecule has 0 saturated heterocycles. The minimum Gasteiger partial charge on any atom is -0.467 e. The van der Waals surface area contributed by atoms with Crippen LogP contribution in [-0.2, 0) is 24.3 Å². The number of nitrogens with one attached hydrogen (secondary N) is 1. The van der Waals surface area contributed by atoms with Crippen molar-refractivity contribution in [3.63, 3.8) is 0 Å². The predicted molar refractivity (Wildman–Crippen MR) is 97.2 cm³/mol. The van der Waals surface area contributed by atoms with E-state index in [1.807, 2.05) is 6.92 Å². The summed E-state index contributed by atoms with van der Waals surface area (Å²) in [6.07, 6.45) is 1.49. The Labute approximate surface area is 158 Å². The van der Waals surface area contributed by atoms with Crippen LogP contribution in [0.2, 0.25) is 0 Å². The van der Waals surface area contributed by atoms with E-state index in [1.165, 1.54) is 25.4 Å². The molecule has 0 aliphatic rings. The first-order valence-corrected chi connectivity index (χ1v) is 9.65. The maximum absolute atomic E-state index is 12.4. The standard InChI is InChI=1S/C18H22N2O6S/c1-13-6-8-15(9-7-13)27(23,24)20(3)11-18(22)26-12-17(21)19-14(2)16-5-4-10-25-16/h4-10,14H,11-12H2,1-3H3,(H,19,21)/t14-/m1/s1. The smallest absolute Gasteiger partial charge is 0.321 e. The molecule has 0 radical (unpaired) electrons. The van der Waals surface area contributed by atoms with Gasteiger partial charge in [0.1, 0.15) is 12.3 Å². The molecule has 1 N–H and O–H groups in total. The van der Waals surface area contributed by atoms with Crippen LogP contribution in [0.5, 0.6) is 0 Å². The SMILES string of the molecule is Cc1ccc(S(=O)(=O)N(C)CC(=O)OCC(=O)N[C@H](C)c2ccco2)cc1. The summed E-state index contributed by atoms with van der Waals surface area (Å²) in [4.78, 5) is 23.8. The number of carbonyl (C=O) groups excluding carboxylic acids is 2. The average molecular weight is 394 g/mol. The van der Waals surface area contributed by atoms with Crippen LogP contribution in [0.4, 0.5) is 0 Å². The molecule has 9 heteroatoms. The zero-order valence-electron chi connectivity index (χ0n) is 15.3. The molecule has 1 atom stereocenters. The Morgan fingerprint density at radius 3 is 2.48 bits per heavy atom. The number of carbonyl (C=O) groups is 2. The van der Waals surface area contributed by atoms with Gasteiger partial charge in [-0.3, -0.25) is 9.59 Å². The van der Waals surface area contributed by atoms with E-state index in [2.05, 4.69) is 5.32 Å². The number of hydrogen-bond acceptors (Lipinski definition) is 6. The van der Waals surface area contributed by atoms with Crippen molar-refractivity contribution in [2.75, 3.05) is 20.2 Å². The minimum atomic E-state index is -3.82. The molecule has 0 saturated carbocycles. The summed E-state index contributed by atoms with van der Waals surface area (Å²) in [7, 11) is -2.55. The van der Waals surface area contributed by atoms with E-state index in [0.29, 0.717) is 5.76 Å². The van der Waals surface area contributed by atoms with Crippen molar-refractivity contribution in [1.82, 2.24) is 9.62 Å². The van der Waals surface area contributed by atoms with Crippen molar-refractivity contribution in [3.05, 3.63) is 54.0 Å². The van der Waals surface area contributed by atoms with Gasteiger partial charge in [-0.25, -0.2) is 8.42 Å². The van der Waals surface area contributed by atoms with Crippen LogP contribution >= 0.6 is 0 Å². The summed E-state index contributed by atoms with van der Waals surface area (Å²) >= 11 is 0. The summed E-state index contributed by atoms with van der Waals surface area (Å²) in [6.45, 7) is 2.55. The molecular formula is C18H22N2O6S. The summed E-state index contributed by atoms with van der Waals surface area (Å²) in [6, 6.07) is 9.30. The van der Waals surface area contributed by atoms with Crippen LogP contribution in [0.1, 0.15) is 24.3 Å². The summed E-state index contributed by atoms with van der Waals surface area (Å²) in [5, 5.41) is 2.61. The van der Waals surface area contributed by atoms with Gasteiger partial charge in [0.15, 0.2) is 6.61 Å². The molecule has 0 bridgehead atoms. The maximum atomic E-state index is 12.4.